The second-order valence-electron chi connectivity index (χ2n) is 5.21. The third-order valence-electron chi connectivity index (χ3n) is 4.08. The molecule has 0 aromatic rings. The largest absolute Gasteiger partial charge is 0.466 e. The van der Waals surface area contributed by atoms with Crippen molar-refractivity contribution in [3.63, 3.8) is 0 Å². The van der Waals surface area contributed by atoms with E-state index in [0.29, 0.717) is 26.1 Å². The molecule has 2 bridgehead atoms. The molecule has 0 atom stereocenters. The summed E-state index contributed by atoms with van der Waals surface area (Å²) in [6.45, 7) is 4.45. The Morgan fingerprint density at radius 2 is 1.35 bits per heavy atom. The highest BCUT2D eigenvalue weighted by atomic mass is 16.5. The zero-order valence-electron chi connectivity index (χ0n) is 10.6. The topological polar surface area (TPSA) is 52.6 Å². The van der Waals surface area contributed by atoms with E-state index in [-0.39, 0.29) is 22.8 Å². The number of carbonyl (C=O) groups is 2. The average molecular weight is 240 g/mol. The maximum Gasteiger partial charge on any atom is 0.312 e. The van der Waals surface area contributed by atoms with Gasteiger partial charge in [-0.3, -0.25) is 9.59 Å². The Labute approximate surface area is 102 Å². The lowest BCUT2D eigenvalue weighted by Gasteiger charge is -2.56. The third kappa shape index (κ3) is 1.83. The van der Waals surface area contributed by atoms with Crippen molar-refractivity contribution in [3.8, 4) is 0 Å². The van der Waals surface area contributed by atoms with Crippen molar-refractivity contribution in [2.75, 3.05) is 13.2 Å². The normalized spacial score (nSPS) is 34.7. The highest BCUT2D eigenvalue weighted by Crippen LogP contribution is 2.64. The smallest absolute Gasteiger partial charge is 0.312 e. The monoisotopic (exact) mass is 240 g/mol. The van der Waals surface area contributed by atoms with Gasteiger partial charge >= 0.3 is 11.9 Å². The molecule has 0 aromatic carbocycles. The molecule has 3 aliphatic carbocycles. The Hall–Kier alpha value is -1.06. The van der Waals surface area contributed by atoms with Crippen LogP contribution in [0.4, 0.5) is 0 Å². The molecule has 0 N–H and O–H groups in total. The lowest BCUT2D eigenvalue weighted by Crippen LogP contribution is -2.59. The molecule has 3 saturated carbocycles. The number of ether oxygens (including phenoxy) is 2. The molecule has 17 heavy (non-hydrogen) atoms. The summed E-state index contributed by atoms with van der Waals surface area (Å²) in [5, 5.41) is 0. The van der Waals surface area contributed by atoms with Gasteiger partial charge in [-0.05, 0) is 39.5 Å². The minimum Gasteiger partial charge on any atom is -0.466 e. The van der Waals surface area contributed by atoms with Gasteiger partial charge in [0.25, 0.3) is 0 Å². The predicted octanol–water partition coefficient (Wildman–Crippen LogP) is 2.06. The Morgan fingerprint density at radius 3 is 1.71 bits per heavy atom. The molecule has 0 amide bonds. The van der Waals surface area contributed by atoms with Crippen LogP contribution in [0.25, 0.3) is 0 Å². The van der Waals surface area contributed by atoms with E-state index in [9.17, 15) is 9.59 Å². The van der Waals surface area contributed by atoms with Crippen molar-refractivity contribution in [1.29, 1.82) is 0 Å². The minimum atomic E-state index is -0.388. The molecule has 0 spiro atoms. The molecule has 3 rings (SSSR count). The molecule has 4 heteroatoms. The Morgan fingerprint density at radius 1 is 0.941 bits per heavy atom. The van der Waals surface area contributed by atoms with Crippen LogP contribution in [-0.4, -0.2) is 25.2 Å². The quantitative estimate of drug-likeness (QED) is 0.706. The first kappa shape index (κ1) is 12.4. The first-order valence-electron chi connectivity index (χ1n) is 6.43. The lowest BCUT2D eigenvalue weighted by molar-refractivity contribution is -0.197. The fourth-order valence-electron chi connectivity index (χ4n) is 3.42. The maximum absolute atomic E-state index is 11.9. The summed E-state index contributed by atoms with van der Waals surface area (Å²) in [6, 6.07) is 0. The molecule has 3 fully saturated rings. The van der Waals surface area contributed by atoms with Crippen LogP contribution in [0.3, 0.4) is 0 Å². The maximum atomic E-state index is 11.9. The van der Waals surface area contributed by atoms with Crippen molar-refractivity contribution < 1.29 is 19.1 Å². The van der Waals surface area contributed by atoms with Crippen LogP contribution in [0.2, 0.25) is 0 Å². The molecule has 0 unspecified atom stereocenters. The highest BCUT2D eigenvalue weighted by Gasteiger charge is 2.65. The van der Waals surface area contributed by atoms with Gasteiger partial charge in [-0.1, -0.05) is 6.42 Å². The summed E-state index contributed by atoms with van der Waals surface area (Å²) in [7, 11) is 0. The van der Waals surface area contributed by atoms with Crippen molar-refractivity contribution in [3.05, 3.63) is 0 Å². The fourth-order valence-corrected chi connectivity index (χ4v) is 3.42. The summed E-state index contributed by atoms with van der Waals surface area (Å²) in [5.74, 6) is -0.251. The van der Waals surface area contributed by atoms with Gasteiger partial charge in [-0.2, -0.15) is 0 Å². The molecule has 0 heterocycles. The summed E-state index contributed by atoms with van der Waals surface area (Å²) in [4.78, 5) is 23.8. The van der Waals surface area contributed by atoms with E-state index < -0.39 is 0 Å². The molecular formula is C13H20O4. The van der Waals surface area contributed by atoms with E-state index >= 15 is 0 Å². The van der Waals surface area contributed by atoms with Crippen molar-refractivity contribution in [2.45, 2.75) is 46.0 Å². The highest BCUT2D eigenvalue weighted by molar-refractivity contribution is 5.86. The van der Waals surface area contributed by atoms with Gasteiger partial charge in [-0.25, -0.2) is 0 Å². The van der Waals surface area contributed by atoms with Gasteiger partial charge in [0.05, 0.1) is 24.0 Å². The van der Waals surface area contributed by atoms with Crippen LogP contribution >= 0.6 is 0 Å². The molecule has 0 aromatic heterocycles. The van der Waals surface area contributed by atoms with Crippen LogP contribution in [0, 0.1) is 10.8 Å². The zero-order chi connectivity index (χ0) is 12.5. The molecule has 0 aliphatic heterocycles. The van der Waals surface area contributed by atoms with Crippen molar-refractivity contribution >= 4 is 11.9 Å². The van der Waals surface area contributed by atoms with Gasteiger partial charge in [0.1, 0.15) is 0 Å². The van der Waals surface area contributed by atoms with Gasteiger partial charge in [0.15, 0.2) is 0 Å². The Kier molecular flexibility index (Phi) is 3.15. The summed E-state index contributed by atoms with van der Waals surface area (Å²) in [6.07, 6.45) is 3.87. The first-order valence-corrected chi connectivity index (χ1v) is 6.43. The minimum absolute atomic E-state index is 0.125. The molecular weight excluding hydrogens is 220 g/mol. The van der Waals surface area contributed by atoms with Crippen LogP contribution in [0.15, 0.2) is 0 Å². The number of rotatable bonds is 4. The third-order valence-corrected chi connectivity index (χ3v) is 4.08. The van der Waals surface area contributed by atoms with E-state index in [2.05, 4.69) is 0 Å². The molecule has 0 radical (unpaired) electrons. The Balaban J connectivity index is 2.05. The lowest BCUT2D eigenvalue weighted by atomic mass is 9.45. The second-order valence-corrected chi connectivity index (χ2v) is 5.21. The van der Waals surface area contributed by atoms with Gasteiger partial charge in [0.2, 0.25) is 0 Å². The summed E-state index contributed by atoms with van der Waals surface area (Å²) < 4.78 is 10.2. The Bertz CT molecular complexity index is 298. The molecule has 3 aliphatic rings. The summed E-state index contributed by atoms with van der Waals surface area (Å²) >= 11 is 0. The average Bonchev–Trinajstić information content (AvgIpc) is 2.29. The predicted molar refractivity (Wildman–Crippen MR) is 61.2 cm³/mol. The number of hydrogen-bond acceptors (Lipinski definition) is 4. The van der Waals surface area contributed by atoms with E-state index in [4.69, 9.17) is 9.47 Å². The van der Waals surface area contributed by atoms with Crippen molar-refractivity contribution in [2.24, 2.45) is 10.8 Å². The number of fused-ring (bicyclic) bond motifs is 2. The standard InChI is InChI=1S/C13H20O4/c1-3-16-10(14)12-6-5-7-13(8-12,9-12)11(15)17-4-2/h3-9H2,1-2H3. The van der Waals surface area contributed by atoms with Crippen LogP contribution in [-0.2, 0) is 19.1 Å². The number of esters is 2. The van der Waals surface area contributed by atoms with Crippen LogP contribution in [0.5, 0.6) is 0 Å². The van der Waals surface area contributed by atoms with Crippen molar-refractivity contribution in [1.82, 2.24) is 0 Å². The van der Waals surface area contributed by atoms with Gasteiger partial charge in [-0.15, -0.1) is 0 Å². The second kappa shape index (κ2) is 4.31. The van der Waals surface area contributed by atoms with Gasteiger partial charge < -0.3 is 9.47 Å². The first-order chi connectivity index (χ1) is 8.08. The van der Waals surface area contributed by atoms with E-state index in [1.165, 1.54) is 0 Å². The van der Waals surface area contributed by atoms with E-state index in [1.807, 2.05) is 13.8 Å². The van der Waals surface area contributed by atoms with Crippen LogP contribution in [0.1, 0.15) is 46.0 Å². The van der Waals surface area contributed by atoms with E-state index in [0.717, 1.165) is 19.3 Å². The summed E-state index contributed by atoms with van der Waals surface area (Å²) in [5.41, 5.74) is -0.776. The molecule has 4 nitrogen and oxygen atoms in total. The zero-order valence-corrected chi connectivity index (χ0v) is 10.6. The van der Waals surface area contributed by atoms with Crippen LogP contribution < -0.4 is 0 Å². The number of hydrogen-bond donors (Lipinski definition) is 0. The fraction of sp³-hybridized carbons (Fsp3) is 0.846. The van der Waals surface area contributed by atoms with Gasteiger partial charge in [0, 0.05) is 0 Å². The molecule has 96 valence electrons. The SMILES string of the molecule is CCOC(=O)C12CCCC(C(=O)OCC)(C1)C2. The number of carbonyl (C=O) groups excluding carboxylic acids is 2. The van der Waals surface area contributed by atoms with E-state index in [1.54, 1.807) is 0 Å². The molecule has 0 saturated heterocycles.